The first-order chi connectivity index (χ1) is 39.0. The fourth-order valence-electron chi connectivity index (χ4n) is 10.3. The smallest absolute Gasteiger partial charge is 0.187 e. The average molecular weight is 1230 g/mol. The molecule has 0 saturated carbocycles. The van der Waals surface area contributed by atoms with Crippen molar-refractivity contribution in [3.63, 3.8) is 0 Å². The molecule has 0 aromatic rings. The van der Waals surface area contributed by atoms with Crippen molar-refractivity contribution in [1.82, 2.24) is 0 Å². The van der Waals surface area contributed by atoms with Crippen molar-refractivity contribution in [3.8, 4) is 0 Å². The second-order valence-corrected chi connectivity index (χ2v) is 21.0. The number of hydrogen-bond acceptors (Lipinski definition) is 37. The van der Waals surface area contributed by atoms with E-state index in [0.29, 0.717) is 0 Å². The van der Waals surface area contributed by atoms with E-state index in [-0.39, 0.29) is 18.8 Å². The Kier molecular flexibility index (Phi) is 25.4. The summed E-state index contributed by atoms with van der Waals surface area (Å²) in [5.41, 5.74) is 0. The third kappa shape index (κ3) is 14.6. The van der Waals surface area contributed by atoms with Crippen molar-refractivity contribution < 1.29 is 179 Å². The molecule has 22 N–H and O–H groups in total. The molecule has 7 aliphatic rings. The van der Waals surface area contributed by atoms with Crippen LogP contribution in [0.3, 0.4) is 0 Å². The summed E-state index contributed by atoms with van der Waals surface area (Å²) in [6, 6.07) is 0. The normalized spacial score (nSPS) is 51.5. The van der Waals surface area contributed by atoms with Gasteiger partial charge in [-0.2, -0.15) is 12.6 Å². The van der Waals surface area contributed by atoms with Crippen molar-refractivity contribution in [1.29, 1.82) is 0 Å². The largest absolute Gasteiger partial charge is 0.394 e. The maximum Gasteiger partial charge on any atom is 0.187 e. The van der Waals surface area contributed by atoms with Crippen LogP contribution in [0.5, 0.6) is 0 Å². The monoisotopic (exact) mass is 1230 g/mol. The molecule has 0 aromatic heterocycles. The van der Waals surface area contributed by atoms with Gasteiger partial charge in [0.15, 0.2) is 44.0 Å². The molecule has 35 atom stereocenters. The molecular weight excluding hydrogens is 1150 g/mol. The Balaban J connectivity index is 1.11. The average Bonchev–Trinajstić information content (AvgIpc) is 2.76. The fraction of sp³-hybridized carbons (Fsp3) is 1.00. The van der Waals surface area contributed by atoms with Gasteiger partial charge in [-0.05, 0) is 12.2 Å². The van der Waals surface area contributed by atoms with E-state index >= 15 is 0 Å². The molecule has 7 aliphatic heterocycles. The number of rotatable bonds is 23. The maximum absolute atomic E-state index is 11.8. The Morgan fingerprint density at radius 2 is 0.549 bits per heavy atom. The van der Waals surface area contributed by atoms with Gasteiger partial charge in [-0.15, -0.1) is 0 Å². The SMILES string of the molecule is OCC1O[C@@H](O[C@@H]2C(CO[C@@H]3OC(CO)[C@@H](O)[C@H](O)C3O[C@H]3OC(CO)[C@@H](O[C@@H]4OC(CO)[C@H](O[C@H]5OC(CO)[C@H](O)[C@H](O)C5O)[C@H](O)C4O)[C@H](O)C3O)O[C@H](OCCCS)C(O)[C@H]2O[C@@H]2OC(CO)[C@@H](O)[C@H](O)C2O)C(O)[C@@H](O)[C@@H]1O. The number of hydrogen-bond donors (Lipinski definition) is 23. The minimum absolute atomic E-state index is 0.159. The van der Waals surface area contributed by atoms with Crippen LogP contribution in [0.4, 0.5) is 0 Å². The second-order valence-electron chi connectivity index (χ2n) is 20.5. The predicted octanol–water partition coefficient (Wildman–Crippen LogP) is -14.9. The summed E-state index contributed by atoms with van der Waals surface area (Å²) in [6.45, 7) is -6.91. The lowest BCUT2D eigenvalue weighted by Crippen LogP contribution is -2.68. The van der Waals surface area contributed by atoms with Crippen LogP contribution in [-0.2, 0) is 66.3 Å². The van der Waals surface area contributed by atoms with Gasteiger partial charge in [0.2, 0.25) is 0 Å². The lowest BCUT2D eigenvalue weighted by molar-refractivity contribution is -0.399. The van der Waals surface area contributed by atoms with E-state index in [2.05, 4.69) is 12.6 Å². The van der Waals surface area contributed by atoms with Crippen LogP contribution in [0.2, 0.25) is 0 Å². The molecule has 0 spiro atoms. The van der Waals surface area contributed by atoms with Crippen LogP contribution in [0.25, 0.3) is 0 Å². The van der Waals surface area contributed by atoms with E-state index in [1.165, 1.54) is 0 Å². The summed E-state index contributed by atoms with van der Waals surface area (Å²) in [5.74, 6) is 0.260. The van der Waals surface area contributed by atoms with Crippen molar-refractivity contribution in [2.24, 2.45) is 0 Å². The first-order valence-electron chi connectivity index (χ1n) is 26.2. The standard InChI is InChI=1S/C45H78O36S/c46-4-11-18(52)22(56)28(62)40(70-11)77-34-15(8-50)74-43(31(65)26(34)60)78-35-16(9-51)75-44(32(66)27(35)61)81-38-25(59)21(55)14(7-49)73-45(38)69-10-17-36(79-41-29(63)23(57)19(53)12(5-47)71-41)37(33(67)39(76-17)68-2-1-3-82)80-42-30(64)24(58)20(54)13(6-48)72-42/h11-67,82H,1-10H2/t11?,12?,13?,14?,15?,16?,17?,18-,19+,20+,21+,22-,23-,24-,25-,26+,27+,28?,29?,30?,31?,32?,33?,34-,35+,36+,37+,38?,39-,40+,41-,42-,43-,44+,45+/m0/s1. The molecule has 0 bridgehead atoms. The van der Waals surface area contributed by atoms with Crippen molar-refractivity contribution in [2.45, 2.75) is 221 Å². The summed E-state index contributed by atoms with van der Waals surface area (Å²) in [5, 5.41) is 235. The van der Waals surface area contributed by atoms with Crippen LogP contribution < -0.4 is 0 Å². The highest BCUT2D eigenvalue weighted by molar-refractivity contribution is 7.80. The summed E-state index contributed by atoms with van der Waals surface area (Å²) in [4.78, 5) is 0. The van der Waals surface area contributed by atoms with Gasteiger partial charge in [0.05, 0.1) is 52.9 Å². The van der Waals surface area contributed by atoms with Crippen LogP contribution >= 0.6 is 12.6 Å². The Morgan fingerprint density at radius 3 is 0.927 bits per heavy atom. The lowest BCUT2D eigenvalue weighted by atomic mass is 9.95. The van der Waals surface area contributed by atoms with E-state index in [1.807, 2.05) is 0 Å². The molecule has 0 amide bonds. The van der Waals surface area contributed by atoms with Gasteiger partial charge in [0.1, 0.15) is 171 Å². The highest BCUT2D eigenvalue weighted by Gasteiger charge is 2.58. The maximum atomic E-state index is 11.8. The first kappa shape index (κ1) is 68.4. The first-order valence-corrected chi connectivity index (χ1v) is 26.9. The zero-order valence-electron chi connectivity index (χ0n) is 43.3. The molecule has 82 heavy (non-hydrogen) atoms. The number of ether oxygens (including phenoxy) is 14. The zero-order chi connectivity index (χ0) is 60.2. The minimum Gasteiger partial charge on any atom is -0.394 e. The Bertz CT molecular complexity index is 1890. The van der Waals surface area contributed by atoms with Gasteiger partial charge >= 0.3 is 0 Å². The number of aliphatic hydroxyl groups excluding tert-OH is 22. The van der Waals surface area contributed by atoms with Crippen molar-refractivity contribution in [2.75, 3.05) is 58.6 Å². The molecule has 7 heterocycles. The van der Waals surface area contributed by atoms with Gasteiger partial charge < -0.3 is 179 Å². The van der Waals surface area contributed by atoms with E-state index in [9.17, 15) is 112 Å². The summed E-state index contributed by atoms with van der Waals surface area (Å²) >= 11 is 4.16. The molecule has 37 heteroatoms. The molecule has 0 aromatic carbocycles. The second kappa shape index (κ2) is 30.4. The van der Waals surface area contributed by atoms with Gasteiger partial charge in [-0.1, -0.05) is 0 Å². The molecule has 0 radical (unpaired) electrons. The molecule has 7 fully saturated rings. The zero-order valence-corrected chi connectivity index (χ0v) is 44.2. The van der Waals surface area contributed by atoms with Gasteiger partial charge in [0, 0.05) is 0 Å². The van der Waals surface area contributed by atoms with Gasteiger partial charge in [-0.25, -0.2) is 0 Å². The number of thiol groups is 1. The molecule has 480 valence electrons. The summed E-state index contributed by atoms with van der Waals surface area (Å²) in [7, 11) is 0. The van der Waals surface area contributed by atoms with E-state index < -0.39 is 261 Å². The van der Waals surface area contributed by atoms with E-state index in [1.54, 1.807) is 0 Å². The van der Waals surface area contributed by atoms with Crippen LogP contribution in [0.1, 0.15) is 6.42 Å². The third-order valence-electron chi connectivity index (χ3n) is 15.1. The minimum atomic E-state index is -2.29. The van der Waals surface area contributed by atoms with Gasteiger partial charge in [0.25, 0.3) is 0 Å². The summed E-state index contributed by atoms with van der Waals surface area (Å²) in [6.07, 6.45) is -67.7. The highest BCUT2D eigenvalue weighted by Crippen LogP contribution is 2.38. The molecular formula is C45H78O36S. The van der Waals surface area contributed by atoms with E-state index in [4.69, 9.17) is 66.3 Å². The molecule has 7 rings (SSSR count). The Morgan fingerprint density at radius 1 is 0.256 bits per heavy atom. The summed E-state index contributed by atoms with van der Waals surface area (Å²) < 4.78 is 80.8. The quantitative estimate of drug-likeness (QED) is 0.0334. The molecule has 14 unspecified atom stereocenters. The Hall–Kier alpha value is -1.09. The van der Waals surface area contributed by atoms with Crippen LogP contribution in [0, 0.1) is 0 Å². The van der Waals surface area contributed by atoms with Crippen molar-refractivity contribution in [3.05, 3.63) is 0 Å². The lowest BCUT2D eigenvalue weighted by Gasteiger charge is -2.50. The molecule has 7 saturated heterocycles. The Labute approximate surface area is 470 Å². The number of aliphatic hydroxyl groups is 22. The molecule has 36 nitrogen and oxygen atoms in total. The molecule has 0 aliphatic carbocycles. The predicted molar refractivity (Wildman–Crippen MR) is 254 cm³/mol. The fourth-order valence-corrected chi connectivity index (χ4v) is 10.4. The van der Waals surface area contributed by atoms with Crippen LogP contribution in [0.15, 0.2) is 0 Å². The van der Waals surface area contributed by atoms with E-state index in [0.717, 1.165) is 0 Å². The highest BCUT2D eigenvalue weighted by atomic mass is 32.1. The van der Waals surface area contributed by atoms with Gasteiger partial charge in [-0.3, -0.25) is 0 Å². The third-order valence-corrected chi connectivity index (χ3v) is 15.4. The van der Waals surface area contributed by atoms with Crippen molar-refractivity contribution >= 4 is 12.6 Å². The van der Waals surface area contributed by atoms with Crippen LogP contribution in [-0.4, -0.2) is 386 Å². The topological polar surface area (TPSA) is 574 Å².